The first-order valence-corrected chi connectivity index (χ1v) is 12.5. The summed E-state index contributed by atoms with van der Waals surface area (Å²) in [5, 5.41) is 8.85. The first kappa shape index (κ1) is 21.7. The molecule has 3 aromatic rings. The smallest absolute Gasteiger partial charge is 0.243 e. The first-order chi connectivity index (χ1) is 15.0. The van der Waals surface area contributed by atoms with Gasteiger partial charge in [-0.1, -0.05) is 30.3 Å². The van der Waals surface area contributed by atoms with Gasteiger partial charge in [-0.25, -0.2) is 8.42 Å². The maximum Gasteiger partial charge on any atom is 0.243 e. The van der Waals surface area contributed by atoms with Gasteiger partial charge in [0.05, 0.1) is 11.4 Å². The fraction of sp³-hybridized carbons (Fsp3) is 0.381. The van der Waals surface area contributed by atoms with Gasteiger partial charge in [0.1, 0.15) is 0 Å². The second kappa shape index (κ2) is 9.29. The molecule has 0 spiro atoms. The number of amides is 1. The highest BCUT2D eigenvalue weighted by atomic mass is 32.2. The van der Waals surface area contributed by atoms with Crippen LogP contribution < -0.4 is 5.32 Å². The molecule has 10 heteroatoms. The number of nitrogens with one attached hydrogen (secondary N) is 1. The number of nitrogens with zero attached hydrogens (tertiary/aromatic N) is 3. The van der Waals surface area contributed by atoms with Gasteiger partial charge < -0.3 is 9.84 Å². The Hall–Kier alpha value is -2.56. The number of carbonyl (C=O) groups excluding carboxylic acids is 1. The second-order valence-electron chi connectivity index (χ2n) is 7.37. The minimum absolute atomic E-state index is 0.0173. The summed E-state index contributed by atoms with van der Waals surface area (Å²) < 4.78 is 32.9. The van der Waals surface area contributed by atoms with Crippen molar-refractivity contribution < 1.29 is 17.7 Å². The number of hydrogen-bond acceptors (Lipinski definition) is 7. The Kier molecular flexibility index (Phi) is 6.49. The molecule has 0 saturated carbocycles. The van der Waals surface area contributed by atoms with E-state index in [9.17, 15) is 13.2 Å². The highest BCUT2D eigenvalue weighted by Gasteiger charge is 2.32. The predicted octanol–water partition coefficient (Wildman–Crippen LogP) is 3.08. The molecule has 2 aromatic heterocycles. The van der Waals surface area contributed by atoms with E-state index in [2.05, 4.69) is 15.5 Å². The fourth-order valence-corrected chi connectivity index (χ4v) is 5.71. The Morgan fingerprint density at radius 3 is 2.74 bits per heavy atom. The Balaban J connectivity index is 1.40. The lowest BCUT2D eigenvalue weighted by Crippen LogP contribution is -2.42. The Morgan fingerprint density at radius 2 is 2.06 bits per heavy atom. The predicted molar refractivity (Wildman–Crippen MR) is 117 cm³/mol. The molecule has 31 heavy (non-hydrogen) atoms. The van der Waals surface area contributed by atoms with Crippen LogP contribution >= 0.6 is 11.3 Å². The Bertz CT molecular complexity index is 1130. The number of sulfonamides is 1. The van der Waals surface area contributed by atoms with Crippen molar-refractivity contribution in [1.82, 2.24) is 19.8 Å². The molecule has 0 bridgehead atoms. The number of piperidine rings is 1. The molecule has 4 rings (SSSR count). The first-order valence-electron chi connectivity index (χ1n) is 10.2. The Labute approximate surface area is 185 Å². The standard InChI is InChI=1S/C21H24N4O4S2/c1-2-19-23-20(24-29-19)16-5-3-7-18(13-16)31(27,28)25-10-8-15(9-11-25)21(26)22-14-17-6-4-12-30-17/h3-7,12-13,15H,2,8-11,14H2,1H3,(H,22,26). The van der Waals surface area contributed by atoms with Crippen LogP contribution in [0.2, 0.25) is 0 Å². The minimum atomic E-state index is -3.67. The molecule has 1 aliphatic heterocycles. The maximum atomic E-state index is 13.2. The van der Waals surface area contributed by atoms with E-state index < -0.39 is 10.0 Å². The number of aromatic nitrogens is 2. The van der Waals surface area contributed by atoms with Crippen LogP contribution in [-0.4, -0.2) is 41.9 Å². The topological polar surface area (TPSA) is 105 Å². The molecule has 0 unspecified atom stereocenters. The van der Waals surface area contributed by atoms with Crippen molar-refractivity contribution in [2.24, 2.45) is 5.92 Å². The van der Waals surface area contributed by atoms with E-state index in [4.69, 9.17) is 4.52 Å². The summed E-state index contributed by atoms with van der Waals surface area (Å²) in [6, 6.07) is 10.5. The molecular formula is C21H24N4O4S2. The summed E-state index contributed by atoms with van der Waals surface area (Å²) in [5.41, 5.74) is 0.590. The van der Waals surface area contributed by atoms with Gasteiger partial charge in [0.25, 0.3) is 0 Å². The molecule has 164 valence electrons. The fourth-order valence-electron chi connectivity index (χ4n) is 3.55. The highest BCUT2D eigenvalue weighted by Crippen LogP contribution is 2.26. The summed E-state index contributed by atoms with van der Waals surface area (Å²) >= 11 is 1.60. The van der Waals surface area contributed by atoms with Crippen molar-refractivity contribution in [3.05, 3.63) is 52.5 Å². The molecule has 0 atom stereocenters. The monoisotopic (exact) mass is 460 g/mol. The van der Waals surface area contributed by atoms with Gasteiger partial charge in [-0.05, 0) is 36.4 Å². The lowest BCUT2D eigenvalue weighted by Gasteiger charge is -2.30. The van der Waals surface area contributed by atoms with Crippen LogP contribution in [0.4, 0.5) is 0 Å². The molecule has 1 fully saturated rings. The molecule has 0 radical (unpaired) electrons. The van der Waals surface area contributed by atoms with Crippen molar-refractivity contribution >= 4 is 27.3 Å². The molecule has 1 N–H and O–H groups in total. The van der Waals surface area contributed by atoms with Crippen molar-refractivity contribution in [3.8, 4) is 11.4 Å². The van der Waals surface area contributed by atoms with E-state index in [-0.39, 0.29) is 16.7 Å². The van der Waals surface area contributed by atoms with E-state index in [1.165, 1.54) is 4.31 Å². The summed E-state index contributed by atoms with van der Waals surface area (Å²) in [4.78, 5) is 18.0. The zero-order valence-electron chi connectivity index (χ0n) is 17.2. The average Bonchev–Trinajstić information content (AvgIpc) is 3.50. The lowest BCUT2D eigenvalue weighted by molar-refractivity contribution is -0.126. The SMILES string of the molecule is CCc1nc(-c2cccc(S(=O)(=O)N3CCC(C(=O)NCc4cccs4)CC3)c2)no1. The average molecular weight is 461 g/mol. The van der Waals surface area contributed by atoms with Crippen molar-refractivity contribution in [2.75, 3.05) is 13.1 Å². The van der Waals surface area contributed by atoms with Gasteiger partial charge in [0.15, 0.2) is 0 Å². The molecule has 8 nitrogen and oxygen atoms in total. The molecule has 0 aliphatic carbocycles. The maximum absolute atomic E-state index is 13.2. The van der Waals surface area contributed by atoms with Crippen LogP contribution in [0.5, 0.6) is 0 Å². The van der Waals surface area contributed by atoms with Gasteiger partial charge >= 0.3 is 0 Å². The van der Waals surface area contributed by atoms with Crippen LogP contribution in [0.15, 0.2) is 51.2 Å². The second-order valence-corrected chi connectivity index (χ2v) is 10.3. The van der Waals surface area contributed by atoms with Crippen LogP contribution in [0, 0.1) is 5.92 Å². The van der Waals surface area contributed by atoms with Crippen molar-refractivity contribution in [3.63, 3.8) is 0 Å². The quantitative estimate of drug-likeness (QED) is 0.581. The molecule has 1 aliphatic rings. The van der Waals surface area contributed by atoms with E-state index in [0.29, 0.717) is 56.2 Å². The number of carbonyl (C=O) groups is 1. The van der Waals surface area contributed by atoms with Crippen LogP contribution in [-0.2, 0) is 27.8 Å². The summed E-state index contributed by atoms with van der Waals surface area (Å²) in [6.07, 6.45) is 1.61. The number of aryl methyl sites for hydroxylation is 1. The van der Waals surface area contributed by atoms with E-state index in [1.807, 2.05) is 24.4 Å². The third kappa shape index (κ3) is 4.86. The molecule has 3 heterocycles. The number of rotatable bonds is 7. The van der Waals surface area contributed by atoms with Crippen molar-refractivity contribution in [2.45, 2.75) is 37.6 Å². The summed E-state index contributed by atoms with van der Waals surface area (Å²) in [7, 11) is -3.67. The van der Waals surface area contributed by atoms with Crippen LogP contribution in [0.3, 0.4) is 0 Å². The third-order valence-corrected chi connectivity index (χ3v) is 8.11. The van der Waals surface area contributed by atoms with Crippen molar-refractivity contribution in [1.29, 1.82) is 0 Å². The van der Waals surface area contributed by atoms with Crippen LogP contribution in [0.1, 0.15) is 30.5 Å². The highest BCUT2D eigenvalue weighted by molar-refractivity contribution is 7.89. The normalized spacial score (nSPS) is 15.8. The van der Waals surface area contributed by atoms with Gasteiger partial charge in [-0.2, -0.15) is 9.29 Å². The van der Waals surface area contributed by atoms with Gasteiger partial charge in [0.2, 0.25) is 27.6 Å². The van der Waals surface area contributed by atoms with Gasteiger partial charge in [-0.15, -0.1) is 11.3 Å². The zero-order valence-corrected chi connectivity index (χ0v) is 18.8. The number of hydrogen-bond donors (Lipinski definition) is 1. The summed E-state index contributed by atoms with van der Waals surface area (Å²) in [5.74, 6) is 0.679. The van der Waals surface area contributed by atoms with E-state index in [1.54, 1.807) is 35.6 Å². The van der Waals surface area contributed by atoms with Gasteiger partial charge in [0, 0.05) is 35.9 Å². The lowest BCUT2D eigenvalue weighted by atomic mass is 9.97. The van der Waals surface area contributed by atoms with Crippen LogP contribution in [0.25, 0.3) is 11.4 Å². The third-order valence-electron chi connectivity index (χ3n) is 5.34. The van der Waals surface area contributed by atoms with E-state index in [0.717, 1.165) is 4.88 Å². The largest absolute Gasteiger partial charge is 0.351 e. The molecule has 1 aromatic carbocycles. The molecule has 1 amide bonds. The molecule has 1 saturated heterocycles. The minimum Gasteiger partial charge on any atom is -0.351 e. The summed E-state index contributed by atoms with van der Waals surface area (Å²) in [6.45, 7) is 3.04. The van der Waals surface area contributed by atoms with Gasteiger partial charge in [-0.3, -0.25) is 4.79 Å². The molecular weight excluding hydrogens is 436 g/mol. The Morgan fingerprint density at radius 1 is 1.26 bits per heavy atom. The number of benzene rings is 1. The number of thiophene rings is 1. The zero-order chi connectivity index (χ0) is 21.8. The van der Waals surface area contributed by atoms with E-state index >= 15 is 0 Å².